The van der Waals surface area contributed by atoms with Crippen LogP contribution in [0.2, 0.25) is 0 Å². The van der Waals surface area contributed by atoms with E-state index in [1.54, 1.807) is 12.1 Å². The molecule has 0 spiro atoms. The normalized spacial score (nSPS) is 14.8. The number of nitrogens with zero attached hydrogens (tertiary/aromatic N) is 4. The first-order valence-electron chi connectivity index (χ1n) is 8.90. The number of anilines is 1. The van der Waals surface area contributed by atoms with Crippen LogP contribution >= 0.6 is 0 Å². The second-order valence-corrected chi connectivity index (χ2v) is 6.50. The first-order valence-corrected chi connectivity index (χ1v) is 8.90. The molecule has 1 aromatic heterocycles. The van der Waals surface area contributed by atoms with Gasteiger partial charge in [-0.15, -0.1) is 0 Å². The van der Waals surface area contributed by atoms with Gasteiger partial charge in [0.1, 0.15) is 5.82 Å². The average Bonchev–Trinajstić information content (AvgIpc) is 3.10. The summed E-state index contributed by atoms with van der Waals surface area (Å²) in [5.41, 5.74) is 1.66. The summed E-state index contributed by atoms with van der Waals surface area (Å²) in [7, 11) is 0. The average molecular weight is 352 g/mol. The molecule has 1 aliphatic rings. The predicted molar refractivity (Wildman–Crippen MR) is 99.5 cm³/mol. The lowest BCUT2D eigenvalue weighted by Gasteiger charge is -2.36. The molecule has 5 nitrogen and oxygen atoms in total. The lowest BCUT2D eigenvalue weighted by atomic mass is 10.2. The Labute approximate surface area is 151 Å². The summed E-state index contributed by atoms with van der Waals surface area (Å²) in [6, 6.07) is 14.8. The molecule has 4 rings (SSSR count). The van der Waals surface area contributed by atoms with E-state index in [0.29, 0.717) is 44.8 Å². The molecule has 1 amide bonds. The van der Waals surface area contributed by atoms with Gasteiger partial charge < -0.3 is 9.80 Å². The summed E-state index contributed by atoms with van der Waals surface area (Å²) in [5, 5.41) is 5.45. The first kappa shape index (κ1) is 16.6. The maximum Gasteiger partial charge on any atom is 0.224 e. The summed E-state index contributed by atoms with van der Waals surface area (Å²) in [4.78, 5) is 16.4. The quantitative estimate of drug-likeness (QED) is 0.725. The zero-order chi connectivity index (χ0) is 17.9. The third-order valence-corrected chi connectivity index (χ3v) is 4.91. The molecule has 0 atom stereocenters. The van der Waals surface area contributed by atoms with Gasteiger partial charge in [-0.2, -0.15) is 5.10 Å². The standard InChI is InChI=1S/C20H21FN4O/c21-17-6-2-4-8-19(17)23-11-13-24(14-12-23)20(26)9-10-25-18-7-3-1-5-16(18)15-22-25/h1-8,15H,9-14H2. The van der Waals surface area contributed by atoms with Crippen molar-refractivity contribution in [3.8, 4) is 0 Å². The molecule has 1 fully saturated rings. The van der Waals surface area contributed by atoms with Crippen molar-refractivity contribution in [2.45, 2.75) is 13.0 Å². The lowest BCUT2D eigenvalue weighted by Crippen LogP contribution is -2.49. The summed E-state index contributed by atoms with van der Waals surface area (Å²) in [6.45, 7) is 3.11. The molecule has 2 aromatic carbocycles. The van der Waals surface area contributed by atoms with Crippen LogP contribution in [0.5, 0.6) is 0 Å². The minimum absolute atomic E-state index is 0.123. The molecule has 2 heterocycles. The Morgan fingerprint density at radius 3 is 2.54 bits per heavy atom. The number of aromatic nitrogens is 2. The number of hydrogen-bond donors (Lipinski definition) is 0. The zero-order valence-corrected chi connectivity index (χ0v) is 14.5. The minimum Gasteiger partial charge on any atom is -0.366 e. The van der Waals surface area contributed by atoms with Crippen LogP contribution in [0.3, 0.4) is 0 Å². The fourth-order valence-corrected chi connectivity index (χ4v) is 3.47. The van der Waals surface area contributed by atoms with Gasteiger partial charge in [0.2, 0.25) is 5.91 Å². The van der Waals surface area contributed by atoms with Crippen LogP contribution in [0.25, 0.3) is 10.9 Å². The highest BCUT2D eigenvalue weighted by atomic mass is 19.1. The third-order valence-electron chi connectivity index (χ3n) is 4.91. The van der Waals surface area contributed by atoms with Crippen molar-refractivity contribution >= 4 is 22.5 Å². The number of halogens is 1. The Hall–Kier alpha value is -2.89. The van der Waals surface area contributed by atoms with E-state index in [9.17, 15) is 9.18 Å². The van der Waals surface area contributed by atoms with Crippen molar-refractivity contribution in [3.05, 3.63) is 60.5 Å². The molecule has 0 saturated carbocycles. The van der Waals surface area contributed by atoms with Gasteiger partial charge in [0.05, 0.1) is 23.9 Å². The number of piperazine rings is 1. The summed E-state index contributed by atoms with van der Waals surface area (Å²) >= 11 is 0. The highest BCUT2D eigenvalue weighted by molar-refractivity contribution is 5.79. The van der Waals surface area contributed by atoms with Gasteiger partial charge >= 0.3 is 0 Å². The lowest BCUT2D eigenvalue weighted by molar-refractivity contribution is -0.131. The number of benzene rings is 2. The van der Waals surface area contributed by atoms with Gasteiger partial charge in [0.15, 0.2) is 0 Å². The number of carbonyl (C=O) groups is 1. The molecule has 0 bridgehead atoms. The molecule has 26 heavy (non-hydrogen) atoms. The van der Waals surface area contributed by atoms with Crippen molar-refractivity contribution in [2.24, 2.45) is 0 Å². The molecule has 0 radical (unpaired) electrons. The third kappa shape index (κ3) is 3.27. The molecule has 1 saturated heterocycles. The van der Waals surface area contributed by atoms with E-state index in [1.165, 1.54) is 6.07 Å². The highest BCUT2D eigenvalue weighted by Gasteiger charge is 2.22. The van der Waals surface area contributed by atoms with Crippen molar-refractivity contribution in [1.29, 1.82) is 0 Å². The second kappa shape index (κ2) is 7.15. The van der Waals surface area contributed by atoms with Crippen molar-refractivity contribution in [2.75, 3.05) is 31.1 Å². The molecular weight excluding hydrogens is 331 g/mol. The van der Waals surface area contributed by atoms with Gasteiger partial charge in [0.25, 0.3) is 0 Å². The Morgan fingerprint density at radius 2 is 1.73 bits per heavy atom. The SMILES string of the molecule is O=C(CCn1ncc2ccccc21)N1CCN(c2ccccc2F)CC1. The van der Waals surface area contributed by atoms with Gasteiger partial charge in [-0.1, -0.05) is 30.3 Å². The molecule has 1 aliphatic heterocycles. The topological polar surface area (TPSA) is 41.4 Å². The predicted octanol–water partition coefficient (Wildman–Crippen LogP) is 2.91. The fourth-order valence-electron chi connectivity index (χ4n) is 3.47. The molecule has 134 valence electrons. The Kier molecular flexibility index (Phi) is 4.56. The van der Waals surface area contributed by atoms with Crippen LogP contribution in [0.15, 0.2) is 54.7 Å². The van der Waals surface area contributed by atoms with E-state index in [4.69, 9.17) is 0 Å². The van der Waals surface area contributed by atoms with Crippen molar-refractivity contribution in [3.63, 3.8) is 0 Å². The number of hydrogen-bond acceptors (Lipinski definition) is 3. The summed E-state index contributed by atoms with van der Waals surface area (Å²) < 4.78 is 15.8. The Bertz CT molecular complexity index is 915. The summed E-state index contributed by atoms with van der Waals surface area (Å²) in [6.07, 6.45) is 2.25. The molecule has 3 aromatic rings. The Morgan fingerprint density at radius 1 is 1.00 bits per heavy atom. The van der Waals surface area contributed by atoms with Gasteiger partial charge in [-0.05, 0) is 18.2 Å². The maximum absolute atomic E-state index is 13.9. The first-order chi connectivity index (χ1) is 12.7. The molecule has 0 aliphatic carbocycles. The number of amides is 1. The fraction of sp³-hybridized carbons (Fsp3) is 0.300. The highest BCUT2D eigenvalue weighted by Crippen LogP contribution is 2.20. The van der Waals surface area contributed by atoms with Crippen LogP contribution in [-0.4, -0.2) is 46.8 Å². The molecular formula is C20H21FN4O. The maximum atomic E-state index is 13.9. The van der Waals surface area contributed by atoms with Crippen LogP contribution in [0.1, 0.15) is 6.42 Å². The zero-order valence-electron chi connectivity index (χ0n) is 14.5. The van der Waals surface area contributed by atoms with E-state index >= 15 is 0 Å². The van der Waals surface area contributed by atoms with Crippen LogP contribution in [-0.2, 0) is 11.3 Å². The molecule has 0 N–H and O–H groups in total. The largest absolute Gasteiger partial charge is 0.366 e. The Balaban J connectivity index is 1.33. The number of para-hydroxylation sites is 2. The van der Waals surface area contributed by atoms with E-state index in [0.717, 1.165) is 10.9 Å². The van der Waals surface area contributed by atoms with Crippen molar-refractivity contribution in [1.82, 2.24) is 14.7 Å². The van der Waals surface area contributed by atoms with Gasteiger partial charge in [-0.3, -0.25) is 9.48 Å². The van der Waals surface area contributed by atoms with E-state index < -0.39 is 0 Å². The minimum atomic E-state index is -0.210. The number of rotatable bonds is 4. The molecule has 0 unspecified atom stereocenters. The van der Waals surface area contributed by atoms with E-state index in [-0.39, 0.29) is 11.7 Å². The van der Waals surface area contributed by atoms with Crippen LogP contribution in [0.4, 0.5) is 10.1 Å². The van der Waals surface area contributed by atoms with Crippen LogP contribution in [0, 0.1) is 5.82 Å². The van der Waals surface area contributed by atoms with Gasteiger partial charge in [-0.25, -0.2) is 4.39 Å². The second-order valence-electron chi connectivity index (χ2n) is 6.50. The molecule has 6 heteroatoms. The monoisotopic (exact) mass is 352 g/mol. The van der Waals surface area contributed by atoms with Crippen molar-refractivity contribution < 1.29 is 9.18 Å². The number of aryl methyl sites for hydroxylation is 1. The van der Waals surface area contributed by atoms with Gasteiger partial charge in [0, 0.05) is 38.0 Å². The number of carbonyl (C=O) groups excluding carboxylic acids is 1. The van der Waals surface area contributed by atoms with E-state index in [2.05, 4.69) is 5.10 Å². The number of fused-ring (bicyclic) bond motifs is 1. The smallest absolute Gasteiger partial charge is 0.224 e. The van der Waals surface area contributed by atoms with E-state index in [1.807, 2.05) is 51.0 Å². The summed E-state index contributed by atoms with van der Waals surface area (Å²) in [5.74, 6) is -0.0874. The van der Waals surface area contributed by atoms with Crippen LogP contribution < -0.4 is 4.90 Å².